The fourth-order valence-corrected chi connectivity index (χ4v) is 1.84. The van der Waals surface area contributed by atoms with Gasteiger partial charge in [0.2, 0.25) is 0 Å². The molecule has 0 bridgehead atoms. The Hall–Kier alpha value is -2.96. The van der Waals surface area contributed by atoms with Crippen molar-refractivity contribution in [3.63, 3.8) is 0 Å². The van der Waals surface area contributed by atoms with Gasteiger partial charge in [-0.15, -0.1) is 0 Å². The molecule has 2 aromatic rings. The zero-order chi connectivity index (χ0) is 17.0. The van der Waals surface area contributed by atoms with E-state index >= 15 is 0 Å². The fourth-order valence-electron chi connectivity index (χ4n) is 1.84. The molecule has 0 fully saturated rings. The Kier molecular flexibility index (Phi) is 4.90. The Morgan fingerprint density at radius 2 is 1.87 bits per heavy atom. The summed E-state index contributed by atoms with van der Waals surface area (Å²) in [5.41, 5.74) is 2.50. The summed E-state index contributed by atoms with van der Waals surface area (Å²) < 4.78 is 31.5. The molecule has 0 saturated carbocycles. The van der Waals surface area contributed by atoms with Crippen molar-refractivity contribution < 1.29 is 23.4 Å². The van der Waals surface area contributed by atoms with Crippen LogP contribution in [0.2, 0.25) is 0 Å². The first kappa shape index (κ1) is 16.4. The molecule has 5 nitrogen and oxygen atoms in total. The normalized spacial score (nSPS) is 11.2. The molecule has 0 aliphatic carbocycles. The first-order chi connectivity index (χ1) is 10.9. The predicted molar refractivity (Wildman–Crippen MR) is 80.7 cm³/mol. The predicted octanol–water partition coefficient (Wildman–Crippen LogP) is 2.83. The number of nitrogens with one attached hydrogen (secondary N) is 1. The second-order valence-corrected chi connectivity index (χ2v) is 4.65. The standard InChI is InChI=1S/C16H14F2N2O3/c1-9(13-7-11(17)8-14(18)15(13)21)19-20-16(22)10-3-5-12(23-2)6-4-10/h3-8,21H,1-2H3,(H,20,22)/b19-9+. The lowest BCUT2D eigenvalue weighted by Gasteiger charge is -2.06. The summed E-state index contributed by atoms with van der Waals surface area (Å²) in [6.45, 7) is 1.40. The molecule has 2 rings (SSSR count). The van der Waals surface area contributed by atoms with Gasteiger partial charge in [-0.25, -0.2) is 14.2 Å². The first-order valence-electron chi connectivity index (χ1n) is 6.59. The molecule has 0 aromatic heterocycles. The van der Waals surface area contributed by atoms with Gasteiger partial charge >= 0.3 is 0 Å². The number of nitrogens with zero attached hydrogens (tertiary/aromatic N) is 1. The number of hydrogen-bond donors (Lipinski definition) is 2. The number of ether oxygens (including phenoxy) is 1. The summed E-state index contributed by atoms with van der Waals surface area (Å²) in [6, 6.07) is 7.79. The van der Waals surface area contributed by atoms with Gasteiger partial charge in [0.05, 0.1) is 12.8 Å². The van der Waals surface area contributed by atoms with Gasteiger partial charge in [-0.05, 0) is 37.3 Å². The number of carbonyl (C=O) groups excluding carboxylic acids is 1. The lowest BCUT2D eigenvalue weighted by Crippen LogP contribution is -2.19. The molecule has 0 atom stereocenters. The van der Waals surface area contributed by atoms with E-state index in [0.29, 0.717) is 17.4 Å². The molecule has 23 heavy (non-hydrogen) atoms. The second-order valence-electron chi connectivity index (χ2n) is 4.65. The van der Waals surface area contributed by atoms with Gasteiger partial charge in [-0.3, -0.25) is 4.79 Å². The number of aromatic hydroxyl groups is 1. The minimum atomic E-state index is -1.10. The Labute approximate surface area is 131 Å². The van der Waals surface area contributed by atoms with Crippen molar-refractivity contribution in [2.75, 3.05) is 7.11 Å². The van der Waals surface area contributed by atoms with Crippen LogP contribution in [0.15, 0.2) is 41.5 Å². The lowest BCUT2D eigenvalue weighted by atomic mass is 10.1. The Bertz CT molecular complexity index is 759. The molecule has 2 N–H and O–H groups in total. The highest BCUT2D eigenvalue weighted by Crippen LogP contribution is 2.23. The van der Waals surface area contributed by atoms with Crippen molar-refractivity contribution in [1.29, 1.82) is 0 Å². The molecule has 7 heteroatoms. The van der Waals surface area contributed by atoms with Crippen molar-refractivity contribution in [1.82, 2.24) is 5.43 Å². The number of amides is 1. The van der Waals surface area contributed by atoms with Crippen molar-refractivity contribution >= 4 is 11.6 Å². The molecular formula is C16H14F2N2O3. The minimum absolute atomic E-state index is 0.0581. The second kappa shape index (κ2) is 6.87. The van der Waals surface area contributed by atoms with Crippen LogP contribution in [-0.4, -0.2) is 23.8 Å². The minimum Gasteiger partial charge on any atom is -0.504 e. The zero-order valence-electron chi connectivity index (χ0n) is 12.4. The van der Waals surface area contributed by atoms with Crippen LogP contribution in [0.5, 0.6) is 11.5 Å². The number of halogens is 2. The fraction of sp³-hybridized carbons (Fsp3) is 0.125. The van der Waals surface area contributed by atoms with Crippen LogP contribution in [0.25, 0.3) is 0 Å². The smallest absolute Gasteiger partial charge is 0.271 e. The topological polar surface area (TPSA) is 70.9 Å². The lowest BCUT2D eigenvalue weighted by molar-refractivity contribution is 0.0955. The molecule has 0 saturated heterocycles. The number of hydrogen-bond acceptors (Lipinski definition) is 4. The van der Waals surface area contributed by atoms with E-state index in [1.54, 1.807) is 24.3 Å². The average molecular weight is 320 g/mol. The highest BCUT2D eigenvalue weighted by Gasteiger charge is 2.13. The van der Waals surface area contributed by atoms with Crippen LogP contribution in [0.1, 0.15) is 22.8 Å². The van der Waals surface area contributed by atoms with Crippen LogP contribution in [-0.2, 0) is 0 Å². The summed E-state index contributed by atoms with van der Waals surface area (Å²) in [7, 11) is 1.51. The summed E-state index contributed by atoms with van der Waals surface area (Å²) in [5, 5.41) is 13.3. The van der Waals surface area contributed by atoms with Crippen LogP contribution in [0, 0.1) is 11.6 Å². The number of phenolic OH excluding ortho intramolecular Hbond substituents is 1. The van der Waals surface area contributed by atoms with Crippen LogP contribution in [0.4, 0.5) is 8.78 Å². The maximum Gasteiger partial charge on any atom is 0.271 e. The quantitative estimate of drug-likeness (QED) is 0.672. The molecule has 0 spiro atoms. The molecule has 0 unspecified atom stereocenters. The van der Waals surface area contributed by atoms with Gasteiger partial charge in [0.1, 0.15) is 11.6 Å². The molecular weight excluding hydrogens is 306 g/mol. The Morgan fingerprint density at radius 3 is 2.48 bits per heavy atom. The molecule has 0 radical (unpaired) electrons. The largest absolute Gasteiger partial charge is 0.504 e. The zero-order valence-corrected chi connectivity index (χ0v) is 12.4. The number of methoxy groups -OCH3 is 1. The Morgan fingerprint density at radius 1 is 1.22 bits per heavy atom. The molecule has 0 aliphatic rings. The van der Waals surface area contributed by atoms with E-state index in [4.69, 9.17) is 4.74 Å². The molecule has 120 valence electrons. The van der Waals surface area contributed by atoms with Crippen molar-refractivity contribution in [3.05, 3.63) is 59.2 Å². The van der Waals surface area contributed by atoms with Gasteiger partial charge in [-0.2, -0.15) is 5.10 Å². The summed E-state index contributed by atoms with van der Waals surface area (Å²) in [4.78, 5) is 11.9. The third kappa shape index (κ3) is 3.82. The van der Waals surface area contributed by atoms with Crippen molar-refractivity contribution in [3.8, 4) is 11.5 Å². The van der Waals surface area contributed by atoms with E-state index < -0.39 is 23.3 Å². The van der Waals surface area contributed by atoms with Gasteiger partial charge in [0, 0.05) is 17.2 Å². The van der Waals surface area contributed by atoms with Crippen molar-refractivity contribution in [2.45, 2.75) is 6.92 Å². The van der Waals surface area contributed by atoms with Crippen LogP contribution in [0.3, 0.4) is 0 Å². The summed E-state index contributed by atoms with van der Waals surface area (Å²) in [6.07, 6.45) is 0. The Balaban J connectivity index is 2.17. The highest BCUT2D eigenvalue weighted by atomic mass is 19.1. The van der Waals surface area contributed by atoms with E-state index in [2.05, 4.69) is 10.5 Å². The van der Waals surface area contributed by atoms with E-state index in [1.807, 2.05) is 0 Å². The van der Waals surface area contributed by atoms with Gasteiger partial charge in [-0.1, -0.05) is 0 Å². The monoisotopic (exact) mass is 320 g/mol. The summed E-state index contributed by atoms with van der Waals surface area (Å²) in [5.74, 6) is -2.60. The van der Waals surface area contributed by atoms with E-state index in [1.165, 1.54) is 14.0 Å². The average Bonchev–Trinajstić information content (AvgIpc) is 2.55. The van der Waals surface area contributed by atoms with E-state index in [-0.39, 0.29) is 11.3 Å². The van der Waals surface area contributed by atoms with Crippen molar-refractivity contribution in [2.24, 2.45) is 5.10 Å². The van der Waals surface area contributed by atoms with E-state index in [0.717, 1.165) is 6.07 Å². The number of hydrazone groups is 1. The van der Waals surface area contributed by atoms with Crippen LogP contribution >= 0.6 is 0 Å². The highest BCUT2D eigenvalue weighted by molar-refractivity contribution is 6.02. The van der Waals surface area contributed by atoms with Gasteiger partial charge < -0.3 is 9.84 Å². The maximum atomic E-state index is 13.3. The van der Waals surface area contributed by atoms with E-state index in [9.17, 15) is 18.7 Å². The maximum absolute atomic E-state index is 13.3. The number of benzene rings is 2. The molecule has 1 amide bonds. The third-order valence-corrected chi connectivity index (χ3v) is 3.10. The first-order valence-corrected chi connectivity index (χ1v) is 6.59. The van der Waals surface area contributed by atoms with Crippen LogP contribution < -0.4 is 10.2 Å². The molecule has 2 aromatic carbocycles. The number of phenols is 1. The number of carbonyl (C=O) groups is 1. The molecule has 0 aliphatic heterocycles. The van der Waals surface area contributed by atoms with Gasteiger partial charge in [0.15, 0.2) is 11.6 Å². The summed E-state index contributed by atoms with van der Waals surface area (Å²) >= 11 is 0. The number of rotatable bonds is 4. The van der Waals surface area contributed by atoms with Gasteiger partial charge in [0.25, 0.3) is 5.91 Å². The third-order valence-electron chi connectivity index (χ3n) is 3.10. The molecule has 0 heterocycles. The SMILES string of the molecule is COc1ccc(C(=O)N/N=C(\C)c2cc(F)cc(F)c2O)cc1.